The minimum absolute atomic E-state index is 0.135. The van der Waals surface area contributed by atoms with Crippen molar-refractivity contribution in [2.75, 3.05) is 7.11 Å². The van der Waals surface area contributed by atoms with Crippen LogP contribution in [0.4, 0.5) is 0 Å². The molecule has 0 aromatic rings. The number of carbonyl (C=O) groups excluding carboxylic acids is 2. The molecule has 3 aliphatic rings. The first-order valence-corrected chi connectivity index (χ1v) is 8.75. The third-order valence-corrected chi connectivity index (χ3v) is 6.26. The van der Waals surface area contributed by atoms with Crippen molar-refractivity contribution in [1.82, 2.24) is 5.32 Å². The van der Waals surface area contributed by atoms with E-state index in [4.69, 9.17) is 27.9 Å². The zero-order chi connectivity index (χ0) is 16.8. The van der Waals surface area contributed by atoms with Crippen LogP contribution in [-0.2, 0) is 14.3 Å². The summed E-state index contributed by atoms with van der Waals surface area (Å²) in [6, 6.07) is 0. The van der Waals surface area contributed by atoms with Crippen LogP contribution in [0.15, 0.2) is 22.8 Å². The molecule has 0 aromatic carbocycles. The maximum atomic E-state index is 13.2. The van der Waals surface area contributed by atoms with Gasteiger partial charge in [0.25, 0.3) is 5.91 Å². The molecule has 1 aliphatic heterocycles. The van der Waals surface area contributed by atoms with Crippen LogP contribution in [0.1, 0.15) is 39.0 Å². The lowest BCUT2D eigenvalue weighted by atomic mass is 9.74. The summed E-state index contributed by atoms with van der Waals surface area (Å²) < 4.78 is 5.36. The molecule has 4 nitrogen and oxygen atoms in total. The number of hydrogen-bond donors (Lipinski definition) is 1. The van der Waals surface area contributed by atoms with E-state index >= 15 is 0 Å². The summed E-state index contributed by atoms with van der Waals surface area (Å²) >= 11 is 12.9. The fraction of sp³-hybridized carbons (Fsp3) is 0.647. The van der Waals surface area contributed by atoms with Gasteiger partial charge in [-0.25, -0.2) is 0 Å². The number of halogens is 2. The van der Waals surface area contributed by atoms with Gasteiger partial charge in [-0.1, -0.05) is 36.2 Å². The van der Waals surface area contributed by atoms with E-state index in [1.165, 1.54) is 0 Å². The highest BCUT2D eigenvalue weighted by Crippen LogP contribution is 2.47. The van der Waals surface area contributed by atoms with Crippen molar-refractivity contribution in [1.29, 1.82) is 0 Å². The van der Waals surface area contributed by atoms with Gasteiger partial charge >= 0.3 is 0 Å². The number of hydrogen-bond acceptors (Lipinski definition) is 3. The van der Waals surface area contributed by atoms with Gasteiger partial charge in [-0.3, -0.25) is 9.59 Å². The van der Waals surface area contributed by atoms with Gasteiger partial charge in [0.05, 0.1) is 6.10 Å². The maximum Gasteiger partial charge on any atom is 0.254 e. The quantitative estimate of drug-likeness (QED) is 0.610. The Morgan fingerprint density at radius 3 is 2.57 bits per heavy atom. The van der Waals surface area contributed by atoms with Crippen LogP contribution < -0.4 is 5.32 Å². The number of methoxy groups -OCH3 is 1. The van der Waals surface area contributed by atoms with Crippen LogP contribution in [0.2, 0.25) is 0 Å². The molecule has 0 aromatic heterocycles. The highest BCUT2D eigenvalue weighted by molar-refractivity contribution is 6.53. The number of allylic oxidation sites excluding steroid dienone is 3. The number of nitrogens with one attached hydrogen (secondary N) is 1. The average Bonchev–Trinajstić information content (AvgIpc) is 2.73. The highest BCUT2D eigenvalue weighted by Gasteiger charge is 2.64. The first-order valence-electron chi connectivity index (χ1n) is 8.00. The molecule has 6 heteroatoms. The zero-order valence-electron chi connectivity index (χ0n) is 13.3. The van der Waals surface area contributed by atoms with Gasteiger partial charge in [-0.05, 0) is 49.7 Å². The summed E-state index contributed by atoms with van der Waals surface area (Å²) in [6.07, 6.45) is 6.94. The minimum Gasteiger partial charge on any atom is -0.381 e. The van der Waals surface area contributed by atoms with Gasteiger partial charge in [0.2, 0.25) is 4.87 Å². The summed E-state index contributed by atoms with van der Waals surface area (Å²) in [5, 5.41) is 3.30. The largest absolute Gasteiger partial charge is 0.381 e. The molecular formula is C17H21Cl2NO3. The number of carbonyl (C=O) groups is 2. The second-order valence-electron chi connectivity index (χ2n) is 6.83. The zero-order valence-corrected chi connectivity index (χ0v) is 14.8. The lowest BCUT2D eigenvalue weighted by molar-refractivity contribution is -0.126. The van der Waals surface area contributed by atoms with E-state index in [-0.39, 0.29) is 17.8 Å². The molecule has 2 aliphatic carbocycles. The van der Waals surface area contributed by atoms with Crippen molar-refractivity contribution in [2.24, 2.45) is 5.92 Å². The SMILES string of the molecule is COC1CCC2(CC1)NC(=O)C(Cl)(C1=C(Cl)C=CC(C)C1)C2=O. The van der Waals surface area contributed by atoms with E-state index in [9.17, 15) is 9.59 Å². The average molecular weight is 358 g/mol. The van der Waals surface area contributed by atoms with Crippen molar-refractivity contribution in [3.05, 3.63) is 22.8 Å². The molecule has 2 fully saturated rings. The number of amides is 1. The van der Waals surface area contributed by atoms with E-state index in [1.807, 2.05) is 13.0 Å². The summed E-state index contributed by atoms with van der Waals surface area (Å²) in [6.45, 7) is 2.01. The first-order chi connectivity index (χ1) is 10.8. The number of ether oxygens (including phenoxy) is 1. The van der Waals surface area contributed by atoms with Gasteiger partial charge in [-0.2, -0.15) is 0 Å². The molecule has 0 radical (unpaired) electrons. The van der Waals surface area contributed by atoms with Crippen LogP contribution in [0.3, 0.4) is 0 Å². The van der Waals surface area contributed by atoms with Crippen molar-refractivity contribution in [3.8, 4) is 0 Å². The third kappa shape index (κ3) is 2.55. The maximum absolute atomic E-state index is 13.2. The van der Waals surface area contributed by atoms with E-state index in [2.05, 4.69) is 5.32 Å². The molecule has 1 saturated heterocycles. The summed E-state index contributed by atoms with van der Waals surface area (Å²) in [5.41, 5.74) is -0.341. The second-order valence-corrected chi connectivity index (χ2v) is 7.80. The highest BCUT2D eigenvalue weighted by atomic mass is 35.5. The Bertz CT molecular complexity index is 605. The Morgan fingerprint density at radius 1 is 1.30 bits per heavy atom. The molecule has 23 heavy (non-hydrogen) atoms. The smallest absolute Gasteiger partial charge is 0.254 e. The van der Waals surface area contributed by atoms with Gasteiger partial charge in [0.1, 0.15) is 5.54 Å². The molecule has 1 heterocycles. The standard InChI is InChI=1S/C17H21Cl2NO3/c1-10-3-4-13(18)12(9-10)17(19)14(21)16(20-15(17)22)7-5-11(23-2)6-8-16/h3-4,10-11H,5-9H2,1-2H3,(H,20,22). The topological polar surface area (TPSA) is 55.4 Å². The third-order valence-electron chi connectivity index (χ3n) is 5.33. The Kier molecular flexibility index (Phi) is 4.36. The van der Waals surface area contributed by atoms with Gasteiger partial charge in [0.15, 0.2) is 5.78 Å². The van der Waals surface area contributed by atoms with Gasteiger partial charge in [0, 0.05) is 12.1 Å². The Hall–Kier alpha value is -0.840. The molecule has 126 valence electrons. The van der Waals surface area contributed by atoms with Crippen molar-refractivity contribution in [2.45, 2.75) is 55.5 Å². The molecule has 1 saturated carbocycles. The first kappa shape index (κ1) is 17.0. The van der Waals surface area contributed by atoms with Crippen molar-refractivity contribution >= 4 is 34.9 Å². The number of Topliss-reactive ketones (excluding diaryl/α,β-unsaturated/α-hetero) is 1. The summed E-state index contributed by atoms with van der Waals surface area (Å²) in [7, 11) is 1.67. The lowest BCUT2D eigenvalue weighted by Gasteiger charge is -2.36. The monoisotopic (exact) mass is 357 g/mol. The van der Waals surface area contributed by atoms with Crippen LogP contribution in [0.25, 0.3) is 0 Å². The Labute approximate surface area is 146 Å². The molecule has 1 spiro atoms. The second kappa shape index (κ2) is 5.91. The molecule has 2 atom stereocenters. The molecule has 0 bridgehead atoms. The fourth-order valence-corrected chi connectivity index (χ4v) is 4.63. The predicted molar refractivity (Wildman–Crippen MR) is 89.5 cm³/mol. The minimum atomic E-state index is -1.67. The number of ketones is 1. The van der Waals surface area contributed by atoms with E-state index < -0.39 is 16.3 Å². The molecule has 3 rings (SSSR count). The fourth-order valence-electron chi connectivity index (χ4n) is 3.88. The predicted octanol–water partition coefficient (Wildman–Crippen LogP) is 3.08. The lowest BCUT2D eigenvalue weighted by Crippen LogP contribution is -2.51. The normalized spacial score (nSPS) is 40.9. The number of rotatable bonds is 2. The van der Waals surface area contributed by atoms with E-state index in [0.717, 1.165) is 12.8 Å². The summed E-state index contributed by atoms with van der Waals surface area (Å²) in [5.74, 6) is -0.484. The number of alkyl halides is 1. The van der Waals surface area contributed by atoms with E-state index in [1.54, 1.807) is 13.2 Å². The van der Waals surface area contributed by atoms with Gasteiger partial charge in [-0.15, -0.1) is 0 Å². The van der Waals surface area contributed by atoms with Crippen molar-refractivity contribution in [3.63, 3.8) is 0 Å². The van der Waals surface area contributed by atoms with Gasteiger partial charge < -0.3 is 10.1 Å². The Morgan fingerprint density at radius 2 is 1.96 bits per heavy atom. The molecule has 1 N–H and O–H groups in total. The summed E-state index contributed by atoms with van der Waals surface area (Å²) in [4.78, 5) is 24.2. The van der Waals surface area contributed by atoms with E-state index in [0.29, 0.717) is 29.9 Å². The van der Waals surface area contributed by atoms with Crippen LogP contribution >= 0.6 is 23.2 Å². The molecule has 2 unspecified atom stereocenters. The van der Waals surface area contributed by atoms with Crippen molar-refractivity contribution < 1.29 is 14.3 Å². The molecular weight excluding hydrogens is 337 g/mol. The van der Waals surface area contributed by atoms with Crippen LogP contribution in [0, 0.1) is 5.92 Å². The Balaban J connectivity index is 1.94. The van der Waals surface area contributed by atoms with Crippen LogP contribution in [0.5, 0.6) is 0 Å². The van der Waals surface area contributed by atoms with Crippen LogP contribution in [-0.4, -0.2) is 35.3 Å². The molecule has 1 amide bonds.